The van der Waals surface area contributed by atoms with E-state index in [4.69, 9.17) is 0 Å². The maximum Gasteiger partial charge on any atom is 0.296 e. The highest BCUT2D eigenvalue weighted by molar-refractivity contribution is 5.94. The number of benzene rings is 2. The molecular weight excluding hydrogens is 354 g/mol. The van der Waals surface area contributed by atoms with Gasteiger partial charge in [0.2, 0.25) is 5.75 Å². The summed E-state index contributed by atoms with van der Waals surface area (Å²) in [6, 6.07) is 17.6. The summed E-state index contributed by atoms with van der Waals surface area (Å²) in [5, 5.41) is 12.8. The van der Waals surface area contributed by atoms with E-state index < -0.39 is 17.2 Å². The van der Waals surface area contributed by atoms with Gasteiger partial charge >= 0.3 is 0 Å². The van der Waals surface area contributed by atoms with Crippen molar-refractivity contribution in [3.8, 4) is 16.9 Å². The number of amides is 1. The van der Waals surface area contributed by atoms with Gasteiger partial charge in [0.25, 0.3) is 11.5 Å². The lowest BCUT2D eigenvalue weighted by molar-refractivity contribution is 0.0934. The molecule has 3 rings (SSSR count). The van der Waals surface area contributed by atoms with Crippen LogP contribution in [-0.2, 0) is 13.5 Å². The largest absolute Gasteiger partial charge is 0.501 e. The Hall–Kier alpha value is -3.41. The lowest BCUT2D eigenvalue weighted by atomic mass is 9.97. The molecule has 0 fully saturated rings. The first kappa shape index (κ1) is 19.4. The molecule has 6 heteroatoms. The molecule has 1 heterocycles. The van der Waals surface area contributed by atoms with Crippen molar-refractivity contribution < 1.29 is 9.90 Å². The molecule has 0 spiro atoms. The van der Waals surface area contributed by atoms with E-state index in [1.54, 1.807) is 20.9 Å². The molecular formula is C22H23N3O3. The molecule has 6 nitrogen and oxygen atoms in total. The summed E-state index contributed by atoms with van der Waals surface area (Å²) in [5.74, 6) is -0.802. The van der Waals surface area contributed by atoms with Gasteiger partial charge in [-0.2, -0.15) is 0 Å². The Bertz CT molecular complexity index is 1060. The number of hydrogen-bond acceptors (Lipinski definition) is 4. The molecule has 1 amide bonds. The molecule has 3 aromatic rings. The SMILES string of the molecule is CC(C)NC(=O)c1nc(Cc2ccccc2-c2ccccc2)n(C)c(=O)c1O. The number of nitrogens with zero attached hydrogens (tertiary/aromatic N) is 2. The van der Waals surface area contributed by atoms with Crippen LogP contribution in [0.15, 0.2) is 59.4 Å². The van der Waals surface area contributed by atoms with E-state index in [0.717, 1.165) is 16.7 Å². The van der Waals surface area contributed by atoms with Crippen molar-refractivity contribution in [1.29, 1.82) is 0 Å². The molecule has 0 aliphatic heterocycles. The zero-order valence-corrected chi connectivity index (χ0v) is 16.1. The van der Waals surface area contributed by atoms with Crippen molar-refractivity contribution in [2.75, 3.05) is 0 Å². The van der Waals surface area contributed by atoms with Gasteiger partial charge < -0.3 is 10.4 Å². The van der Waals surface area contributed by atoms with E-state index in [1.807, 2.05) is 54.6 Å². The Morgan fingerprint density at radius 1 is 1.11 bits per heavy atom. The molecule has 0 radical (unpaired) electrons. The highest BCUT2D eigenvalue weighted by Crippen LogP contribution is 2.25. The summed E-state index contributed by atoms with van der Waals surface area (Å²) in [6.45, 7) is 3.60. The Morgan fingerprint density at radius 2 is 1.75 bits per heavy atom. The molecule has 1 aromatic heterocycles. The van der Waals surface area contributed by atoms with Crippen molar-refractivity contribution in [3.63, 3.8) is 0 Å². The normalized spacial score (nSPS) is 10.9. The summed E-state index contributed by atoms with van der Waals surface area (Å²) in [5.41, 5.74) is 2.16. The van der Waals surface area contributed by atoms with Gasteiger partial charge in [0.1, 0.15) is 5.82 Å². The fraction of sp³-hybridized carbons (Fsp3) is 0.227. The van der Waals surface area contributed by atoms with E-state index in [1.165, 1.54) is 4.57 Å². The smallest absolute Gasteiger partial charge is 0.296 e. The molecule has 0 aliphatic rings. The number of aromatic nitrogens is 2. The van der Waals surface area contributed by atoms with Crippen LogP contribution in [-0.4, -0.2) is 26.6 Å². The van der Waals surface area contributed by atoms with E-state index in [-0.39, 0.29) is 11.7 Å². The summed E-state index contributed by atoms with van der Waals surface area (Å²) >= 11 is 0. The monoisotopic (exact) mass is 377 g/mol. The highest BCUT2D eigenvalue weighted by Gasteiger charge is 2.21. The van der Waals surface area contributed by atoms with Crippen LogP contribution in [0.3, 0.4) is 0 Å². The zero-order chi connectivity index (χ0) is 20.3. The van der Waals surface area contributed by atoms with E-state index in [9.17, 15) is 14.7 Å². The minimum atomic E-state index is -0.643. The second-order valence-electron chi connectivity index (χ2n) is 6.92. The first-order valence-corrected chi connectivity index (χ1v) is 9.11. The van der Waals surface area contributed by atoms with Crippen molar-refractivity contribution in [1.82, 2.24) is 14.9 Å². The molecule has 0 unspecified atom stereocenters. The van der Waals surface area contributed by atoms with E-state index >= 15 is 0 Å². The van der Waals surface area contributed by atoms with Crippen LogP contribution in [0.4, 0.5) is 0 Å². The van der Waals surface area contributed by atoms with Crippen LogP contribution in [0.25, 0.3) is 11.1 Å². The van der Waals surface area contributed by atoms with Crippen molar-refractivity contribution >= 4 is 5.91 Å². The Kier molecular flexibility index (Phi) is 5.59. The predicted molar refractivity (Wildman–Crippen MR) is 108 cm³/mol. The topological polar surface area (TPSA) is 84.2 Å². The molecule has 0 saturated heterocycles. The molecule has 0 atom stereocenters. The van der Waals surface area contributed by atoms with Crippen molar-refractivity contribution in [2.24, 2.45) is 7.05 Å². The Morgan fingerprint density at radius 3 is 2.43 bits per heavy atom. The maximum atomic E-state index is 12.4. The lowest BCUT2D eigenvalue weighted by Crippen LogP contribution is -2.34. The quantitative estimate of drug-likeness (QED) is 0.716. The fourth-order valence-electron chi connectivity index (χ4n) is 3.03. The maximum absolute atomic E-state index is 12.4. The minimum absolute atomic E-state index is 0.139. The second kappa shape index (κ2) is 8.08. The third-order valence-corrected chi connectivity index (χ3v) is 4.45. The van der Waals surface area contributed by atoms with Crippen molar-refractivity contribution in [2.45, 2.75) is 26.3 Å². The summed E-state index contributed by atoms with van der Waals surface area (Å²) in [7, 11) is 1.54. The number of nitrogens with one attached hydrogen (secondary N) is 1. The summed E-state index contributed by atoms with van der Waals surface area (Å²) in [6.07, 6.45) is 0.346. The van der Waals surface area contributed by atoms with Gasteiger partial charge in [-0.1, -0.05) is 54.6 Å². The van der Waals surface area contributed by atoms with Crippen molar-refractivity contribution in [3.05, 3.63) is 82.0 Å². The Labute approximate surface area is 163 Å². The molecule has 2 aromatic carbocycles. The van der Waals surface area contributed by atoms with E-state index in [0.29, 0.717) is 12.2 Å². The molecule has 144 valence electrons. The fourth-order valence-corrected chi connectivity index (χ4v) is 3.03. The molecule has 0 aliphatic carbocycles. The number of carbonyl (C=O) groups is 1. The molecule has 0 bridgehead atoms. The Balaban J connectivity index is 2.06. The standard InChI is InChI=1S/C22H23N3O3/c1-14(2)23-21(27)19-20(26)22(28)25(3)18(24-19)13-16-11-7-8-12-17(16)15-9-5-4-6-10-15/h4-12,14,26H,13H2,1-3H3,(H,23,27). The van der Waals surface area contributed by atoms with Gasteiger partial charge in [-0.15, -0.1) is 0 Å². The van der Waals surface area contributed by atoms with Crippen LogP contribution >= 0.6 is 0 Å². The first-order chi connectivity index (χ1) is 13.4. The lowest BCUT2D eigenvalue weighted by Gasteiger charge is -2.14. The van der Waals surface area contributed by atoms with Gasteiger partial charge in [0, 0.05) is 19.5 Å². The summed E-state index contributed by atoms with van der Waals surface area (Å²) < 4.78 is 1.28. The van der Waals surface area contributed by atoms with Gasteiger partial charge in [0.15, 0.2) is 5.69 Å². The van der Waals surface area contributed by atoms with Crippen LogP contribution in [0.2, 0.25) is 0 Å². The van der Waals surface area contributed by atoms with Crippen LogP contribution in [0.5, 0.6) is 5.75 Å². The van der Waals surface area contributed by atoms with Gasteiger partial charge in [-0.3, -0.25) is 14.2 Å². The molecule has 28 heavy (non-hydrogen) atoms. The van der Waals surface area contributed by atoms with Gasteiger partial charge in [-0.25, -0.2) is 4.98 Å². The van der Waals surface area contributed by atoms with Gasteiger partial charge in [0.05, 0.1) is 0 Å². The van der Waals surface area contributed by atoms with Crippen LogP contribution < -0.4 is 10.9 Å². The predicted octanol–water partition coefficient (Wildman–Crippen LogP) is 2.88. The average molecular weight is 377 g/mol. The highest BCUT2D eigenvalue weighted by atomic mass is 16.3. The number of carbonyl (C=O) groups excluding carboxylic acids is 1. The summed E-state index contributed by atoms with van der Waals surface area (Å²) in [4.78, 5) is 29.1. The van der Waals surface area contributed by atoms with E-state index in [2.05, 4.69) is 10.3 Å². The number of hydrogen-bond donors (Lipinski definition) is 2. The molecule has 0 saturated carbocycles. The third kappa shape index (κ3) is 3.96. The zero-order valence-electron chi connectivity index (χ0n) is 16.1. The molecule has 2 N–H and O–H groups in total. The third-order valence-electron chi connectivity index (χ3n) is 4.45. The minimum Gasteiger partial charge on any atom is -0.501 e. The van der Waals surface area contributed by atoms with Gasteiger partial charge in [-0.05, 0) is 30.5 Å². The number of aromatic hydroxyl groups is 1. The van der Waals surface area contributed by atoms with Crippen LogP contribution in [0.1, 0.15) is 35.7 Å². The first-order valence-electron chi connectivity index (χ1n) is 9.11. The number of rotatable bonds is 5. The second-order valence-corrected chi connectivity index (χ2v) is 6.92. The van der Waals surface area contributed by atoms with Crippen LogP contribution in [0, 0.1) is 0 Å². The average Bonchev–Trinajstić information content (AvgIpc) is 2.69.